The third-order valence-electron chi connectivity index (χ3n) is 3.64. The Labute approximate surface area is 108 Å². The van der Waals surface area contributed by atoms with Crippen LogP contribution in [0.1, 0.15) is 66.7 Å². The van der Waals surface area contributed by atoms with Crippen molar-refractivity contribution >= 4 is 0 Å². The second-order valence-corrected chi connectivity index (χ2v) is 7.00. The Morgan fingerprint density at radius 1 is 1.24 bits per heavy atom. The summed E-state index contributed by atoms with van der Waals surface area (Å²) in [7, 11) is 0. The van der Waals surface area contributed by atoms with Gasteiger partial charge in [-0.25, -0.2) is 0 Å². The normalized spacial score (nSPS) is 24.9. The lowest BCUT2D eigenvalue weighted by molar-refractivity contribution is 0.0601. The van der Waals surface area contributed by atoms with E-state index in [0.29, 0.717) is 11.5 Å². The molecule has 1 fully saturated rings. The minimum atomic E-state index is 0.214. The lowest BCUT2D eigenvalue weighted by atomic mass is 9.79. The van der Waals surface area contributed by atoms with Crippen molar-refractivity contribution in [2.45, 2.75) is 78.4 Å². The van der Waals surface area contributed by atoms with Crippen LogP contribution in [0.15, 0.2) is 0 Å². The molecule has 102 valence electrons. The number of rotatable bonds is 6. The van der Waals surface area contributed by atoms with Gasteiger partial charge in [-0.1, -0.05) is 20.3 Å². The van der Waals surface area contributed by atoms with Crippen molar-refractivity contribution in [3.63, 3.8) is 0 Å². The van der Waals surface area contributed by atoms with Crippen LogP contribution in [0.25, 0.3) is 0 Å². The monoisotopic (exact) mass is 241 g/mol. The van der Waals surface area contributed by atoms with Crippen LogP contribution in [0.2, 0.25) is 0 Å². The van der Waals surface area contributed by atoms with Crippen molar-refractivity contribution in [2.24, 2.45) is 5.41 Å². The van der Waals surface area contributed by atoms with Gasteiger partial charge in [0.15, 0.2) is 0 Å². The molecule has 1 N–H and O–H groups in total. The van der Waals surface area contributed by atoms with E-state index >= 15 is 0 Å². The van der Waals surface area contributed by atoms with Crippen LogP contribution < -0.4 is 5.32 Å². The van der Waals surface area contributed by atoms with Crippen LogP contribution in [0.4, 0.5) is 0 Å². The Bertz CT molecular complexity index is 215. The summed E-state index contributed by atoms with van der Waals surface area (Å²) in [5.41, 5.74) is 0.600. The lowest BCUT2D eigenvalue weighted by Gasteiger charge is -2.35. The highest BCUT2D eigenvalue weighted by Crippen LogP contribution is 2.33. The van der Waals surface area contributed by atoms with E-state index in [1.54, 1.807) is 0 Å². The molecule has 0 saturated carbocycles. The first-order valence-electron chi connectivity index (χ1n) is 7.21. The molecule has 2 nitrogen and oxygen atoms in total. The van der Waals surface area contributed by atoms with Gasteiger partial charge in [0, 0.05) is 18.7 Å². The van der Waals surface area contributed by atoms with Crippen molar-refractivity contribution in [3.8, 4) is 0 Å². The predicted molar refractivity (Wildman–Crippen MR) is 74.4 cm³/mol. The Morgan fingerprint density at radius 2 is 1.94 bits per heavy atom. The lowest BCUT2D eigenvalue weighted by Crippen LogP contribution is -2.44. The Kier molecular flexibility index (Phi) is 5.46. The van der Waals surface area contributed by atoms with E-state index in [2.05, 4.69) is 39.9 Å². The average molecular weight is 241 g/mol. The number of ether oxygens (including phenoxy) is 1. The molecule has 2 unspecified atom stereocenters. The minimum Gasteiger partial charge on any atom is -0.378 e. The highest BCUT2D eigenvalue weighted by Gasteiger charge is 2.30. The van der Waals surface area contributed by atoms with Crippen LogP contribution in [-0.2, 0) is 4.74 Å². The maximum Gasteiger partial charge on any atom is 0.0581 e. The zero-order valence-corrected chi connectivity index (χ0v) is 12.4. The number of hydrogen-bond acceptors (Lipinski definition) is 2. The van der Waals surface area contributed by atoms with Gasteiger partial charge in [-0.3, -0.25) is 0 Å². The summed E-state index contributed by atoms with van der Waals surface area (Å²) in [4.78, 5) is 0. The highest BCUT2D eigenvalue weighted by atomic mass is 16.5. The summed E-state index contributed by atoms with van der Waals surface area (Å²) >= 11 is 0. The Morgan fingerprint density at radius 3 is 2.41 bits per heavy atom. The van der Waals surface area contributed by atoms with E-state index in [0.717, 1.165) is 13.2 Å². The number of hydrogen-bond donors (Lipinski definition) is 1. The summed E-state index contributed by atoms with van der Waals surface area (Å²) in [6.07, 6.45) is 6.77. The molecule has 1 aliphatic heterocycles. The molecule has 17 heavy (non-hydrogen) atoms. The Hall–Kier alpha value is -0.0800. The molecule has 0 bridgehead atoms. The first kappa shape index (κ1) is 15.0. The van der Waals surface area contributed by atoms with Gasteiger partial charge in [-0.15, -0.1) is 0 Å². The predicted octanol–water partition coefficient (Wildman–Crippen LogP) is 3.75. The topological polar surface area (TPSA) is 21.3 Å². The van der Waals surface area contributed by atoms with E-state index in [1.165, 1.54) is 32.1 Å². The third-order valence-corrected chi connectivity index (χ3v) is 3.64. The fraction of sp³-hybridized carbons (Fsp3) is 1.00. The molecule has 0 aromatic carbocycles. The van der Waals surface area contributed by atoms with E-state index in [1.807, 2.05) is 0 Å². The molecule has 0 aliphatic carbocycles. The van der Waals surface area contributed by atoms with Gasteiger partial charge in [0.2, 0.25) is 0 Å². The van der Waals surface area contributed by atoms with Crippen molar-refractivity contribution in [1.29, 1.82) is 0 Å². The van der Waals surface area contributed by atoms with Crippen LogP contribution in [0, 0.1) is 5.41 Å². The minimum absolute atomic E-state index is 0.214. The van der Waals surface area contributed by atoms with Gasteiger partial charge in [0.1, 0.15) is 0 Å². The SMILES string of the molecule is CCCC(C)(CNC(C)(C)C)CC1CCCO1. The maximum absolute atomic E-state index is 5.80. The van der Waals surface area contributed by atoms with Crippen LogP contribution in [0.3, 0.4) is 0 Å². The van der Waals surface area contributed by atoms with Gasteiger partial charge in [-0.05, 0) is 51.9 Å². The van der Waals surface area contributed by atoms with Gasteiger partial charge in [0.05, 0.1) is 6.10 Å². The van der Waals surface area contributed by atoms with Crippen molar-refractivity contribution in [2.75, 3.05) is 13.2 Å². The van der Waals surface area contributed by atoms with Gasteiger partial charge in [-0.2, -0.15) is 0 Å². The van der Waals surface area contributed by atoms with E-state index in [-0.39, 0.29) is 5.54 Å². The molecule has 1 rings (SSSR count). The molecular formula is C15H31NO. The molecule has 1 saturated heterocycles. The number of nitrogens with one attached hydrogen (secondary N) is 1. The summed E-state index contributed by atoms with van der Waals surface area (Å²) < 4.78 is 5.80. The third kappa shape index (κ3) is 5.87. The van der Waals surface area contributed by atoms with Crippen molar-refractivity contribution in [1.82, 2.24) is 5.32 Å². The first-order chi connectivity index (χ1) is 7.85. The summed E-state index contributed by atoms with van der Waals surface area (Å²) in [6, 6.07) is 0. The largest absolute Gasteiger partial charge is 0.378 e. The summed E-state index contributed by atoms with van der Waals surface area (Å²) in [5.74, 6) is 0. The van der Waals surface area contributed by atoms with E-state index in [9.17, 15) is 0 Å². The van der Waals surface area contributed by atoms with Crippen LogP contribution in [-0.4, -0.2) is 24.8 Å². The van der Waals surface area contributed by atoms with Crippen molar-refractivity contribution < 1.29 is 4.74 Å². The molecule has 2 atom stereocenters. The molecule has 0 spiro atoms. The molecule has 0 radical (unpaired) electrons. The fourth-order valence-corrected chi connectivity index (χ4v) is 2.70. The van der Waals surface area contributed by atoms with E-state index in [4.69, 9.17) is 4.74 Å². The Balaban J connectivity index is 2.47. The molecule has 0 amide bonds. The van der Waals surface area contributed by atoms with Crippen LogP contribution in [0.5, 0.6) is 0 Å². The molecule has 0 aromatic heterocycles. The second kappa shape index (κ2) is 6.19. The fourth-order valence-electron chi connectivity index (χ4n) is 2.70. The van der Waals surface area contributed by atoms with Crippen molar-refractivity contribution in [3.05, 3.63) is 0 Å². The molecule has 2 heteroatoms. The van der Waals surface area contributed by atoms with Gasteiger partial charge in [0.25, 0.3) is 0 Å². The highest BCUT2D eigenvalue weighted by molar-refractivity contribution is 4.84. The maximum atomic E-state index is 5.80. The second-order valence-electron chi connectivity index (χ2n) is 7.00. The standard InChI is InChI=1S/C15H31NO/c1-6-9-15(5,12-16-14(2,3)4)11-13-8-7-10-17-13/h13,16H,6-12H2,1-5H3. The van der Waals surface area contributed by atoms with Crippen LogP contribution >= 0.6 is 0 Å². The van der Waals surface area contributed by atoms with Gasteiger partial charge >= 0.3 is 0 Å². The molecule has 0 aromatic rings. The summed E-state index contributed by atoms with van der Waals surface area (Å²) in [5, 5.41) is 3.67. The summed E-state index contributed by atoms with van der Waals surface area (Å²) in [6.45, 7) is 13.5. The molecular weight excluding hydrogens is 210 g/mol. The zero-order valence-electron chi connectivity index (χ0n) is 12.4. The zero-order chi connectivity index (χ0) is 12.9. The molecule has 1 heterocycles. The van der Waals surface area contributed by atoms with Gasteiger partial charge < -0.3 is 10.1 Å². The first-order valence-corrected chi connectivity index (χ1v) is 7.21. The smallest absolute Gasteiger partial charge is 0.0581 e. The quantitative estimate of drug-likeness (QED) is 0.764. The van der Waals surface area contributed by atoms with E-state index < -0.39 is 0 Å². The molecule has 1 aliphatic rings. The average Bonchev–Trinajstić information content (AvgIpc) is 2.67.